The predicted molar refractivity (Wildman–Crippen MR) is 81.5 cm³/mol. The first-order valence-electron chi connectivity index (χ1n) is 6.96. The van der Waals surface area contributed by atoms with E-state index in [1.807, 2.05) is 0 Å². The average molecular weight is 257 g/mol. The summed E-state index contributed by atoms with van der Waals surface area (Å²) in [6.45, 7) is 6.50. The van der Waals surface area contributed by atoms with Gasteiger partial charge < -0.3 is 11.1 Å². The molecule has 0 saturated carbocycles. The molecule has 2 rings (SSSR count). The monoisotopic (exact) mass is 257 g/mol. The van der Waals surface area contributed by atoms with Crippen LogP contribution in [0.3, 0.4) is 0 Å². The summed E-state index contributed by atoms with van der Waals surface area (Å²) in [4.78, 5) is 2.19. The summed E-state index contributed by atoms with van der Waals surface area (Å²) >= 11 is 0. The van der Waals surface area contributed by atoms with E-state index in [4.69, 9.17) is 11.1 Å². The molecule has 3 nitrogen and oxygen atoms in total. The number of benzene rings is 1. The third kappa shape index (κ3) is 3.52. The third-order valence-electron chi connectivity index (χ3n) is 3.81. The van der Waals surface area contributed by atoms with Crippen molar-refractivity contribution in [2.75, 3.05) is 19.8 Å². The molecule has 0 bridgehead atoms. The number of nitrogens with one attached hydrogen (secondary N) is 1. The normalized spacial score (nSPS) is 13.9. The van der Waals surface area contributed by atoms with E-state index in [9.17, 15) is 0 Å². The van der Waals surface area contributed by atoms with E-state index in [1.54, 1.807) is 0 Å². The lowest BCUT2D eigenvalue weighted by molar-refractivity contribution is 0.294. The molecule has 0 aromatic heterocycles. The molecule has 0 radical (unpaired) electrons. The van der Waals surface area contributed by atoms with Crippen molar-refractivity contribution in [1.29, 1.82) is 5.41 Å². The van der Waals surface area contributed by atoms with Crippen molar-refractivity contribution < 1.29 is 0 Å². The zero-order valence-corrected chi connectivity index (χ0v) is 11.5. The van der Waals surface area contributed by atoms with Gasteiger partial charge in [-0.1, -0.05) is 24.8 Å². The molecule has 1 aliphatic carbocycles. The molecule has 3 N–H and O–H groups in total. The summed E-state index contributed by atoms with van der Waals surface area (Å²) in [5.41, 5.74) is 11.2. The Hall–Kier alpha value is -1.45. The maximum Gasteiger partial charge on any atom is 0.0455 e. The zero-order chi connectivity index (χ0) is 13.7. The van der Waals surface area contributed by atoms with Crippen LogP contribution in [0.4, 0.5) is 0 Å². The van der Waals surface area contributed by atoms with Crippen LogP contribution in [-0.4, -0.2) is 30.9 Å². The molecule has 0 fully saturated rings. The van der Waals surface area contributed by atoms with Crippen LogP contribution in [0.25, 0.3) is 5.57 Å². The second-order valence-electron chi connectivity index (χ2n) is 5.14. The van der Waals surface area contributed by atoms with Gasteiger partial charge in [0.1, 0.15) is 0 Å². The highest BCUT2D eigenvalue weighted by atomic mass is 15.2. The van der Waals surface area contributed by atoms with Gasteiger partial charge in [0.15, 0.2) is 0 Å². The highest BCUT2D eigenvalue weighted by Crippen LogP contribution is 2.31. The summed E-state index contributed by atoms with van der Waals surface area (Å²) in [6, 6.07) is 6.74. The molecular formula is C16H23N3. The Bertz CT molecular complexity index is 465. The molecule has 102 valence electrons. The number of hydrogen-bond acceptors (Lipinski definition) is 3. The number of nitrogens with zero attached hydrogens (tertiary/aromatic N) is 1. The van der Waals surface area contributed by atoms with Crippen LogP contribution in [0.2, 0.25) is 0 Å². The van der Waals surface area contributed by atoms with Gasteiger partial charge in [0.05, 0.1) is 0 Å². The minimum Gasteiger partial charge on any atom is -0.318 e. The predicted octanol–water partition coefficient (Wildman–Crippen LogP) is 2.45. The van der Waals surface area contributed by atoms with Crippen molar-refractivity contribution in [1.82, 2.24) is 4.90 Å². The first kappa shape index (κ1) is 14.0. The van der Waals surface area contributed by atoms with Gasteiger partial charge in [0, 0.05) is 19.8 Å². The molecule has 1 aromatic rings. The van der Waals surface area contributed by atoms with E-state index >= 15 is 0 Å². The van der Waals surface area contributed by atoms with Crippen LogP contribution in [0.15, 0.2) is 24.8 Å². The molecule has 0 spiro atoms. The van der Waals surface area contributed by atoms with Gasteiger partial charge in [-0.15, -0.1) is 0 Å². The van der Waals surface area contributed by atoms with Crippen molar-refractivity contribution in [2.24, 2.45) is 5.73 Å². The molecule has 1 aromatic carbocycles. The van der Waals surface area contributed by atoms with Gasteiger partial charge >= 0.3 is 0 Å². The fourth-order valence-corrected chi connectivity index (χ4v) is 2.60. The molecule has 19 heavy (non-hydrogen) atoms. The van der Waals surface area contributed by atoms with Gasteiger partial charge in [-0.05, 0) is 54.2 Å². The lowest BCUT2D eigenvalue weighted by Gasteiger charge is -2.19. The SMILES string of the molecule is C=C1CCc2cc(CCN(CN)CCC=N)ccc21. The van der Waals surface area contributed by atoms with Crippen molar-refractivity contribution in [3.63, 3.8) is 0 Å². The van der Waals surface area contributed by atoms with Crippen LogP contribution >= 0.6 is 0 Å². The van der Waals surface area contributed by atoms with Gasteiger partial charge in [-0.3, -0.25) is 4.90 Å². The van der Waals surface area contributed by atoms with Crippen LogP contribution in [0.1, 0.15) is 29.5 Å². The smallest absolute Gasteiger partial charge is 0.0455 e. The first-order chi connectivity index (χ1) is 9.24. The molecule has 1 aliphatic rings. The Morgan fingerprint density at radius 1 is 1.32 bits per heavy atom. The van der Waals surface area contributed by atoms with E-state index in [2.05, 4.69) is 29.7 Å². The zero-order valence-electron chi connectivity index (χ0n) is 11.5. The largest absolute Gasteiger partial charge is 0.318 e. The summed E-state index contributed by atoms with van der Waals surface area (Å²) in [6.07, 6.45) is 5.49. The van der Waals surface area contributed by atoms with Crippen molar-refractivity contribution in [2.45, 2.75) is 25.7 Å². The van der Waals surface area contributed by atoms with E-state index in [1.165, 1.54) is 28.5 Å². The quantitative estimate of drug-likeness (QED) is 0.582. The summed E-state index contributed by atoms with van der Waals surface area (Å²) in [5, 5.41) is 7.07. The molecule has 0 atom stereocenters. The van der Waals surface area contributed by atoms with Crippen molar-refractivity contribution in [3.8, 4) is 0 Å². The van der Waals surface area contributed by atoms with Crippen molar-refractivity contribution >= 4 is 11.8 Å². The maximum atomic E-state index is 7.07. The lowest BCUT2D eigenvalue weighted by atomic mass is 10.0. The topological polar surface area (TPSA) is 53.1 Å². The molecular weight excluding hydrogens is 234 g/mol. The minimum absolute atomic E-state index is 0.565. The summed E-state index contributed by atoms with van der Waals surface area (Å²) in [7, 11) is 0. The second kappa shape index (κ2) is 6.64. The number of nitrogens with two attached hydrogens (primary N) is 1. The number of allylic oxidation sites excluding steroid dienone is 1. The molecule has 0 unspecified atom stereocenters. The fraction of sp³-hybridized carbons (Fsp3) is 0.438. The molecule has 0 aliphatic heterocycles. The Balaban J connectivity index is 1.93. The van der Waals surface area contributed by atoms with Crippen LogP contribution in [-0.2, 0) is 12.8 Å². The Morgan fingerprint density at radius 2 is 2.16 bits per heavy atom. The van der Waals surface area contributed by atoms with Gasteiger partial charge in [0.25, 0.3) is 0 Å². The molecule has 0 heterocycles. The average Bonchev–Trinajstić information content (AvgIpc) is 2.80. The number of hydrogen-bond donors (Lipinski definition) is 2. The van der Waals surface area contributed by atoms with E-state index in [0.717, 1.165) is 38.8 Å². The van der Waals surface area contributed by atoms with E-state index in [0.29, 0.717) is 6.67 Å². The maximum absolute atomic E-state index is 7.07. The van der Waals surface area contributed by atoms with Crippen molar-refractivity contribution in [3.05, 3.63) is 41.5 Å². The first-order valence-corrected chi connectivity index (χ1v) is 6.96. The summed E-state index contributed by atoms with van der Waals surface area (Å²) < 4.78 is 0. The number of fused-ring (bicyclic) bond motifs is 1. The van der Waals surface area contributed by atoms with Crippen LogP contribution in [0.5, 0.6) is 0 Å². The molecule has 3 heteroatoms. The summed E-state index contributed by atoms with van der Waals surface area (Å²) in [5.74, 6) is 0. The Labute approximate surface area is 115 Å². The second-order valence-corrected chi connectivity index (χ2v) is 5.14. The van der Waals surface area contributed by atoms with E-state index < -0.39 is 0 Å². The van der Waals surface area contributed by atoms with Gasteiger partial charge in [0.2, 0.25) is 0 Å². The molecule has 0 saturated heterocycles. The lowest BCUT2D eigenvalue weighted by Crippen LogP contribution is -2.33. The Morgan fingerprint density at radius 3 is 2.89 bits per heavy atom. The third-order valence-corrected chi connectivity index (χ3v) is 3.81. The number of rotatable bonds is 7. The van der Waals surface area contributed by atoms with Gasteiger partial charge in [-0.2, -0.15) is 0 Å². The van der Waals surface area contributed by atoms with Gasteiger partial charge in [-0.25, -0.2) is 0 Å². The highest BCUT2D eigenvalue weighted by Gasteiger charge is 2.14. The number of aryl methyl sites for hydroxylation is 1. The Kier molecular flexibility index (Phi) is 4.88. The van der Waals surface area contributed by atoms with E-state index in [-0.39, 0.29) is 0 Å². The molecule has 0 amide bonds. The standard InChI is InChI=1S/C16H23N3/c1-13-3-5-15-11-14(4-6-16(13)15)7-10-19(12-18)9-2-8-17/h4,6,8,11,17H,1-3,5,7,9-10,12,18H2. The minimum atomic E-state index is 0.565. The van der Waals surface area contributed by atoms with Crippen LogP contribution in [0, 0.1) is 5.41 Å². The fourth-order valence-electron chi connectivity index (χ4n) is 2.60. The highest BCUT2D eigenvalue weighted by molar-refractivity contribution is 5.71. The van der Waals surface area contributed by atoms with Crippen LogP contribution < -0.4 is 5.73 Å².